The summed E-state index contributed by atoms with van der Waals surface area (Å²) in [6.45, 7) is 6.62. The van der Waals surface area contributed by atoms with Crippen LogP contribution in [-0.2, 0) is 4.79 Å². The Hall–Kier alpha value is -0.870. The first-order chi connectivity index (χ1) is 8.36. The summed E-state index contributed by atoms with van der Waals surface area (Å²) in [6, 6.07) is 8.43. The molecule has 3 nitrogen and oxygen atoms in total. The Bertz CT molecular complexity index is 401. The van der Waals surface area contributed by atoms with Gasteiger partial charge in [0.25, 0.3) is 0 Å². The van der Waals surface area contributed by atoms with Crippen LogP contribution in [0, 0.1) is 5.41 Å². The molecule has 4 heteroatoms. The van der Waals surface area contributed by atoms with Crippen molar-refractivity contribution in [1.82, 2.24) is 10.6 Å². The number of amides is 1. The van der Waals surface area contributed by atoms with E-state index in [2.05, 4.69) is 45.6 Å². The van der Waals surface area contributed by atoms with Gasteiger partial charge in [0.05, 0.1) is 5.41 Å². The summed E-state index contributed by atoms with van der Waals surface area (Å²) in [7, 11) is 1.67. The van der Waals surface area contributed by atoms with Gasteiger partial charge < -0.3 is 10.6 Å². The van der Waals surface area contributed by atoms with Crippen molar-refractivity contribution in [1.29, 1.82) is 0 Å². The molecule has 0 fully saturated rings. The minimum absolute atomic E-state index is 0.0537. The fourth-order valence-corrected chi connectivity index (χ4v) is 1.96. The van der Waals surface area contributed by atoms with Gasteiger partial charge in [-0.3, -0.25) is 4.79 Å². The first kappa shape index (κ1) is 15.2. The quantitative estimate of drug-likeness (QED) is 0.877. The molecule has 1 aromatic rings. The minimum atomic E-state index is -0.404. The number of carbonyl (C=O) groups is 1. The number of carbonyl (C=O) groups excluding carboxylic acids is 1. The van der Waals surface area contributed by atoms with Crippen molar-refractivity contribution in [3.63, 3.8) is 0 Å². The summed E-state index contributed by atoms with van der Waals surface area (Å²) < 4.78 is 1.07. The summed E-state index contributed by atoms with van der Waals surface area (Å²) in [5, 5.41) is 6.09. The van der Waals surface area contributed by atoms with Crippen molar-refractivity contribution in [3.8, 4) is 0 Å². The van der Waals surface area contributed by atoms with E-state index >= 15 is 0 Å². The molecule has 0 aliphatic heterocycles. The van der Waals surface area contributed by atoms with Crippen LogP contribution in [0.25, 0.3) is 0 Å². The number of hydrogen-bond donors (Lipinski definition) is 2. The lowest BCUT2D eigenvalue weighted by atomic mass is 9.91. The molecular weight excluding hydrogens is 292 g/mol. The number of nitrogens with one attached hydrogen (secondary N) is 2. The van der Waals surface area contributed by atoms with Gasteiger partial charge in [-0.15, -0.1) is 0 Å². The molecule has 1 atom stereocenters. The first-order valence-corrected chi connectivity index (χ1v) is 6.87. The van der Waals surface area contributed by atoms with Crippen LogP contribution in [-0.4, -0.2) is 19.5 Å². The Labute approximate surface area is 117 Å². The van der Waals surface area contributed by atoms with Gasteiger partial charge in [0.2, 0.25) is 5.91 Å². The molecule has 100 valence electrons. The van der Waals surface area contributed by atoms with E-state index in [1.807, 2.05) is 26.0 Å². The SMILES string of the molecule is CNC(=O)C(C)(C)CNC(C)c1ccc(Br)cc1. The third-order valence-corrected chi connectivity index (χ3v) is 3.59. The molecule has 0 spiro atoms. The lowest BCUT2D eigenvalue weighted by Gasteiger charge is -2.25. The monoisotopic (exact) mass is 312 g/mol. The molecule has 0 aliphatic carbocycles. The number of benzene rings is 1. The normalized spacial score (nSPS) is 13.2. The Morgan fingerprint density at radius 3 is 2.39 bits per heavy atom. The molecule has 0 saturated carbocycles. The maximum Gasteiger partial charge on any atom is 0.226 e. The second kappa shape index (κ2) is 6.34. The molecule has 18 heavy (non-hydrogen) atoms. The fraction of sp³-hybridized carbons (Fsp3) is 0.500. The first-order valence-electron chi connectivity index (χ1n) is 6.08. The molecule has 0 aromatic heterocycles. The topological polar surface area (TPSA) is 41.1 Å². The summed E-state index contributed by atoms with van der Waals surface area (Å²) in [5.74, 6) is 0.0537. The predicted octanol–water partition coefficient (Wildman–Crippen LogP) is 2.87. The average molecular weight is 313 g/mol. The van der Waals surface area contributed by atoms with Gasteiger partial charge in [0.15, 0.2) is 0 Å². The van der Waals surface area contributed by atoms with Gasteiger partial charge in [-0.05, 0) is 38.5 Å². The van der Waals surface area contributed by atoms with Crippen LogP contribution in [0.1, 0.15) is 32.4 Å². The van der Waals surface area contributed by atoms with Crippen molar-refractivity contribution >= 4 is 21.8 Å². The van der Waals surface area contributed by atoms with Crippen molar-refractivity contribution in [2.24, 2.45) is 5.41 Å². The number of halogens is 1. The Balaban J connectivity index is 2.58. The Morgan fingerprint density at radius 2 is 1.89 bits per heavy atom. The van der Waals surface area contributed by atoms with Gasteiger partial charge in [-0.25, -0.2) is 0 Å². The second-order valence-corrected chi connectivity index (χ2v) is 6.03. The molecule has 2 N–H and O–H groups in total. The van der Waals surface area contributed by atoms with E-state index in [0.717, 1.165) is 4.47 Å². The third-order valence-electron chi connectivity index (χ3n) is 3.06. The van der Waals surface area contributed by atoms with Crippen LogP contribution in [0.3, 0.4) is 0 Å². The molecular formula is C14H21BrN2O. The second-order valence-electron chi connectivity index (χ2n) is 5.12. The lowest BCUT2D eigenvalue weighted by molar-refractivity contribution is -0.128. The summed E-state index contributed by atoms with van der Waals surface area (Å²) in [4.78, 5) is 11.7. The molecule has 0 aliphatic rings. The van der Waals surface area contributed by atoms with E-state index in [1.54, 1.807) is 7.05 Å². The Kier molecular flexibility index (Phi) is 5.35. The zero-order valence-electron chi connectivity index (χ0n) is 11.4. The standard InChI is InChI=1S/C14H21BrN2O/c1-10(11-5-7-12(15)8-6-11)17-9-14(2,3)13(18)16-4/h5-8,10,17H,9H2,1-4H3,(H,16,18). The van der Waals surface area contributed by atoms with Crippen LogP contribution in [0.15, 0.2) is 28.7 Å². The highest BCUT2D eigenvalue weighted by atomic mass is 79.9. The van der Waals surface area contributed by atoms with E-state index in [4.69, 9.17) is 0 Å². The molecule has 1 unspecified atom stereocenters. The van der Waals surface area contributed by atoms with Gasteiger partial charge in [0.1, 0.15) is 0 Å². The highest BCUT2D eigenvalue weighted by Crippen LogP contribution is 2.19. The largest absolute Gasteiger partial charge is 0.359 e. The third kappa shape index (κ3) is 4.10. The summed E-state index contributed by atoms with van der Waals surface area (Å²) in [6.07, 6.45) is 0. The molecule has 0 radical (unpaired) electrons. The van der Waals surface area contributed by atoms with Crippen LogP contribution < -0.4 is 10.6 Å². The lowest BCUT2D eigenvalue weighted by Crippen LogP contribution is -2.42. The molecule has 1 rings (SSSR count). The van der Waals surface area contributed by atoms with E-state index < -0.39 is 5.41 Å². The fourth-order valence-electron chi connectivity index (χ4n) is 1.70. The van der Waals surface area contributed by atoms with Gasteiger partial charge >= 0.3 is 0 Å². The van der Waals surface area contributed by atoms with Crippen molar-refractivity contribution in [2.45, 2.75) is 26.8 Å². The van der Waals surface area contributed by atoms with E-state index in [-0.39, 0.29) is 11.9 Å². The zero-order chi connectivity index (χ0) is 13.8. The van der Waals surface area contributed by atoms with Crippen molar-refractivity contribution in [3.05, 3.63) is 34.3 Å². The van der Waals surface area contributed by atoms with E-state index in [9.17, 15) is 4.79 Å². The van der Waals surface area contributed by atoms with Crippen molar-refractivity contribution in [2.75, 3.05) is 13.6 Å². The van der Waals surface area contributed by atoms with Crippen LogP contribution in [0.2, 0.25) is 0 Å². The highest BCUT2D eigenvalue weighted by molar-refractivity contribution is 9.10. The zero-order valence-corrected chi connectivity index (χ0v) is 13.0. The smallest absolute Gasteiger partial charge is 0.226 e. The average Bonchev–Trinajstić information content (AvgIpc) is 2.35. The molecule has 0 saturated heterocycles. The summed E-state index contributed by atoms with van der Waals surface area (Å²) >= 11 is 3.42. The molecule has 0 bridgehead atoms. The van der Waals surface area contributed by atoms with Gasteiger partial charge in [-0.1, -0.05) is 28.1 Å². The van der Waals surface area contributed by atoms with Crippen LogP contribution >= 0.6 is 15.9 Å². The maximum atomic E-state index is 11.7. The number of hydrogen-bond acceptors (Lipinski definition) is 2. The number of rotatable bonds is 5. The molecule has 1 aromatic carbocycles. The highest BCUT2D eigenvalue weighted by Gasteiger charge is 2.26. The minimum Gasteiger partial charge on any atom is -0.359 e. The van der Waals surface area contributed by atoms with Crippen LogP contribution in [0.4, 0.5) is 0 Å². The van der Waals surface area contributed by atoms with E-state index in [0.29, 0.717) is 6.54 Å². The summed E-state index contributed by atoms with van der Waals surface area (Å²) in [5.41, 5.74) is 0.809. The van der Waals surface area contributed by atoms with Crippen molar-refractivity contribution < 1.29 is 4.79 Å². The molecule has 0 heterocycles. The maximum absolute atomic E-state index is 11.7. The van der Waals surface area contributed by atoms with Gasteiger partial charge in [0, 0.05) is 24.1 Å². The van der Waals surface area contributed by atoms with Gasteiger partial charge in [-0.2, -0.15) is 0 Å². The van der Waals surface area contributed by atoms with Crippen LogP contribution in [0.5, 0.6) is 0 Å². The predicted molar refractivity (Wildman–Crippen MR) is 78.4 cm³/mol. The molecule has 1 amide bonds. The Morgan fingerprint density at radius 1 is 1.33 bits per heavy atom. The van der Waals surface area contributed by atoms with E-state index in [1.165, 1.54) is 5.56 Å².